The van der Waals surface area contributed by atoms with Crippen molar-refractivity contribution in [2.24, 2.45) is 0 Å². The van der Waals surface area contributed by atoms with Gasteiger partial charge in [0.25, 0.3) is 10.0 Å². The molecule has 6 nitrogen and oxygen atoms in total. The lowest BCUT2D eigenvalue weighted by atomic mass is 10.1. The second-order valence-electron chi connectivity index (χ2n) is 5.57. The molecule has 0 unspecified atom stereocenters. The van der Waals surface area contributed by atoms with Gasteiger partial charge in [0.2, 0.25) is 0 Å². The van der Waals surface area contributed by atoms with E-state index in [0.717, 1.165) is 9.54 Å². The van der Waals surface area contributed by atoms with Gasteiger partial charge in [0, 0.05) is 12.6 Å². The minimum Gasteiger partial charge on any atom is -0.466 e. The smallest absolute Gasteiger partial charge is 0.305 e. The third kappa shape index (κ3) is 4.28. The highest BCUT2D eigenvalue weighted by Gasteiger charge is 2.22. The summed E-state index contributed by atoms with van der Waals surface area (Å²) in [7, 11) is -3.83. The van der Waals surface area contributed by atoms with Crippen LogP contribution in [-0.2, 0) is 26.0 Å². The van der Waals surface area contributed by atoms with Crippen LogP contribution >= 0.6 is 0 Å². The number of rotatable bonds is 7. The van der Waals surface area contributed by atoms with Crippen LogP contribution in [0.5, 0.6) is 0 Å². The Morgan fingerprint density at radius 1 is 1.24 bits per heavy atom. The van der Waals surface area contributed by atoms with E-state index in [-0.39, 0.29) is 23.0 Å². The molecule has 1 aromatic carbocycles. The molecule has 0 atom stereocenters. The number of nitrogens with zero attached hydrogens (tertiary/aromatic N) is 2. The Morgan fingerprint density at radius 3 is 2.52 bits per heavy atom. The van der Waals surface area contributed by atoms with Crippen molar-refractivity contribution >= 4 is 16.0 Å². The molecule has 7 heteroatoms. The topological polar surface area (TPSA) is 89.2 Å². The van der Waals surface area contributed by atoms with Gasteiger partial charge in [-0.1, -0.05) is 17.7 Å². The fraction of sp³-hybridized carbons (Fsp3) is 0.333. The third-order valence-electron chi connectivity index (χ3n) is 3.75. The first-order chi connectivity index (χ1) is 11.9. The van der Waals surface area contributed by atoms with Crippen molar-refractivity contribution in [2.45, 2.75) is 38.0 Å². The molecule has 132 valence electrons. The van der Waals surface area contributed by atoms with Gasteiger partial charge in [0.1, 0.15) is 11.8 Å². The maximum atomic E-state index is 12.7. The second kappa shape index (κ2) is 7.99. The van der Waals surface area contributed by atoms with E-state index < -0.39 is 10.0 Å². The van der Waals surface area contributed by atoms with Crippen LogP contribution in [0.2, 0.25) is 0 Å². The molecule has 0 amide bonds. The first-order valence-electron chi connectivity index (χ1n) is 7.98. The van der Waals surface area contributed by atoms with Gasteiger partial charge >= 0.3 is 5.97 Å². The summed E-state index contributed by atoms with van der Waals surface area (Å²) in [6.45, 7) is 3.93. The van der Waals surface area contributed by atoms with Crippen molar-refractivity contribution in [1.29, 1.82) is 5.26 Å². The van der Waals surface area contributed by atoms with E-state index in [9.17, 15) is 18.5 Å². The molecular formula is C18H20N2O4S. The average molecular weight is 360 g/mol. The number of benzene rings is 1. The molecule has 2 aromatic rings. The quantitative estimate of drug-likeness (QED) is 0.708. The number of esters is 1. The first kappa shape index (κ1) is 18.7. The Hall–Kier alpha value is -2.59. The van der Waals surface area contributed by atoms with Crippen LogP contribution < -0.4 is 0 Å². The van der Waals surface area contributed by atoms with E-state index >= 15 is 0 Å². The monoisotopic (exact) mass is 360 g/mol. The molecule has 0 N–H and O–H groups in total. The van der Waals surface area contributed by atoms with Gasteiger partial charge in [-0.15, -0.1) is 0 Å². The van der Waals surface area contributed by atoms with Crippen LogP contribution in [0.4, 0.5) is 0 Å². The molecule has 0 aliphatic rings. The zero-order valence-corrected chi connectivity index (χ0v) is 15.0. The number of carbonyl (C=O) groups is 1. The number of carbonyl (C=O) groups excluding carboxylic acids is 1. The summed E-state index contributed by atoms with van der Waals surface area (Å²) in [6.07, 6.45) is 2.53. The average Bonchev–Trinajstić information content (AvgIpc) is 2.99. The lowest BCUT2D eigenvalue weighted by Gasteiger charge is -2.08. The van der Waals surface area contributed by atoms with Gasteiger partial charge in [-0.25, -0.2) is 12.4 Å². The largest absolute Gasteiger partial charge is 0.466 e. The Bertz CT molecular complexity index is 890. The molecule has 0 saturated heterocycles. The fourth-order valence-corrected chi connectivity index (χ4v) is 3.78. The number of nitriles is 1. The SMILES string of the molecule is CCOC(=O)CCCc1ccn(S(=O)(=O)c2ccc(C)cc2)c1C#N. The number of hydrogen-bond donors (Lipinski definition) is 0. The molecule has 0 aliphatic carbocycles. The molecule has 0 bridgehead atoms. The van der Waals surface area contributed by atoms with Gasteiger partial charge in [0.05, 0.1) is 11.5 Å². The molecule has 0 aliphatic heterocycles. The lowest BCUT2D eigenvalue weighted by Crippen LogP contribution is -2.14. The van der Waals surface area contributed by atoms with Gasteiger partial charge in [-0.2, -0.15) is 5.26 Å². The summed E-state index contributed by atoms with van der Waals surface area (Å²) in [5.41, 5.74) is 1.62. The van der Waals surface area contributed by atoms with E-state index in [1.54, 1.807) is 25.1 Å². The molecule has 0 fully saturated rings. The number of aromatic nitrogens is 1. The van der Waals surface area contributed by atoms with Gasteiger partial charge in [0.15, 0.2) is 0 Å². The highest BCUT2D eigenvalue weighted by Crippen LogP contribution is 2.21. The Morgan fingerprint density at radius 2 is 1.92 bits per heavy atom. The van der Waals surface area contributed by atoms with Gasteiger partial charge < -0.3 is 4.74 Å². The van der Waals surface area contributed by atoms with Crippen LogP contribution in [0.15, 0.2) is 41.4 Å². The van der Waals surface area contributed by atoms with Gasteiger partial charge in [-0.05, 0) is 50.5 Å². The molecule has 1 aromatic heterocycles. The molecule has 25 heavy (non-hydrogen) atoms. The Labute approximate surface area is 147 Å². The minimum absolute atomic E-state index is 0.0735. The lowest BCUT2D eigenvalue weighted by molar-refractivity contribution is -0.143. The molecular weight excluding hydrogens is 340 g/mol. The third-order valence-corrected chi connectivity index (χ3v) is 5.44. The summed E-state index contributed by atoms with van der Waals surface area (Å²) < 4.78 is 31.3. The summed E-state index contributed by atoms with van der Waals surface area (Å²) in [5.74, 6) is -0.298. The molecule has 0 spiro atoms. The maximum absolute atomic E-state index is 12.7. The Kier molecular flexibility index (Phi) is 5.99. The van der Waals surface area contributed by atoms with Crippen LogP contribution in [0.1, 0.15) is 36.6 Å². The predicted octanol–water partition coefficient (Wildman–Crippen LogP) is 2.79. The summed E-state index contributed by atoms with van der Waals surface area (Å²) in [5, 5.41) is 9.41. The van der Waals surface area contributed by atoms with Crippen molar-refractivity contribution < 1.29 is 17.9 Å². The summed E-state index contributed by atoms with van der Waals surface area (Å²) in [4.78, 5) is 11.5. The highest BCUT2D eigenvalue weighted by molar-refractivity contribution is 7.90. The summed E-state index contributed by atoms with van der Waals surface area (Å²) in [6, 6.07) is 10.0. The van der Waals surface area contributed by atoms with Gasteiger partial charge in [-0.3, -0.25) is 4.79 Å². The van der Waals surface area contributed by atoms with Crippen molar-refractivity contribution in [1.82, 2.24) is 3.97 Å². The van der Waals surface area contributed by atoms with Crippen LogP contribution in [0.3, 0.4) is 0 Å². The van der Waals surface area contributed by atoms with E-state index in [0.29, 0.717) is 25.0 Å². The van der Waals surface area contributed by atoms with E-state index in [2.05, 4.69) is 0 Å². The molecule has 0 radical (unpaired) electrons. The maximum Gasteiger partial charge on any atom is 0.305 e. The number of ether oxygens (including phenoxy) is 1. The normalized spacial score (nSPS) is 11.1. The minimum atomic E-state index is -3.83. The van der Waals surface area contributed by atoms with E-state index in [4.69, 9.17) is 4.74 Å². The van der Waals surface area contributed by atoms with Crippen LogP contribution in [0, 0.1) is 18.3 Å². The number of aryl methyl sites for hydroxylation is 2. The highest BCUT2D eigenvalue weighted by atomic mass is 32.2. The first-order valence-corrected chi connectivity index (χ1v) is 9.42. The number of hydrogen-bond acceptors (Lipinski definition) is 5. The molecule has 1 heterocycles. The van der Waals surface area contributed by atoms with Crippen molar-refractivity contribution in [3.8, 4) is 6.07 Å². The van der Waals surface area contributed by atoms with E-state index in [1.807, 2.05) is 13.0 Å². The molecule has 0 saturated carbocycles. The van der Waals surface area contributed by atoms with Crippen molar-refractivity contribution in [3.63, 3.8) is 0 Å². The van der Waals surface area contributed by atoms with E-state index in [1.165, 1.54) is 18.3 Å². The van der Waals surface area contributed by atoms with Crippen molar-refractivity contribution in [2.75, 3.05) is 6.61 Å². The zero-order chi connectivity index (χ0) is 18.4. The van der Waals surface area contributed by atoms with Crippen LogP contribution in [-0.4, -0.2) is 25.0 Å². The standard InChI is InChI=1S/C18H20N2O4S/c1-3-24-18(21)6-4-5-15-11-12-20(17(15)13-19)25(22,23)16-9-7-14(2)8-10-16/h7-12H,3-6H2,1-2H3. The fourth-order valence-electron chi connectivity index (χ4n) is 2.46. The summed E-state index contributed by atoms with van der Waals surface area (Å²) >= 11 is 0. The zero-order valence-electron chi connectivity index (χ0n) is 14.2. The second-order valence-corrected chi connectivity index (χ2v) is 7.39. The van der Waals surface area contributed by atoms with Crippen molar-refractivity contribution in [3.05, 3.63) is 53.3 Å². The Balaban J connectivity index is 2.23. The molecule has 2 rings (SSSR count). The predicted molar refractivity (Wildman–Crippen MR) is 92.5 cm³/mol. The van der Waals surface area contributed by atoms with Crippen LogP contribution in [0.25, 0.3) is 0 Å².